The zero-order valence-electron chi connectivity index (χ0n) is 14.1. The van der Waals surface area contributed by atoms with Crippen LogP contribution in [-0.2, 0) is 11.3 Å². The Bertz CT molecular complexity index is 1050. The highest BCUT2D eigenvalue weighted by atomic mass is 16.6. The van der Waals surface area contributed by atoms with E-state index in [1.807, 2.05) is 19.1 Å². The summed E-state index contributed by atoms with van der Waals surface area (Å²) in [5.74, 6) is 0.622. The molecule has 3 aromatic rings. The molecule has 0 unspecified atom stereocenters. The number of hydrogen-bond acceptors (Lipinski definition) is 6. The lowest BCUT2D eigenvalue weighted by Crippen LogP contribution is -2.16. The SMILES string of the molecule is Cc1ccc2c(COC(=O)c3ccc4c(c3)OCCO4)cc(=O)oc2c1. The van der Waals surface area contributed by atoms with E-state index in [4.69, 9.17) is 18.6 Å². The van der Waals surface area contributed by atoms with E-state index in [9.17, 15) is 9.59 Å². The van der Waals surface area contributed by atoms with Crippen molar-refractivity contribution >= 4 is 16.9 Å². The van der Waals surface area contributed by atoms with Gasteiger partial charge in [0.2, 0.25) is 0 Å². The quantitative estimate of drug-likeness (QED) is 0.532. The standard InChI is InChI=1S/C20H16O6/c1-12-2-4-15-14(10-19(21)26-17(15)8-12)11-25-20(22)13-3-5-16-18(9-13)24-7-6-23-16/h2-5,8-10H,6-7,11H2,1H3. The Morgan fingerprint density at radius 2 is 1.85 bits per heavy atom. The second-order valence-corrected chi connectivity index (χ2v) is 6.02. The first-order chi connectivity index (χ1) is 12.6. The van der Waals surface area contributed by atoms with Gasteiger partial charge in [-0.15, -0.1) is 0 Å². The Labute approximate surface area is 148 Å². The predicted octanol–water partition coefficient (Wildman–Crippen LogP) is 3.23. The molecular formula is C20H16O6. The summed E-state index contributed by atoms with van der Waals surface area (Å²) < 4.78 is 21.5. The van der Waals surface area contributed by atoms with Crippen LogP contribution in [0.15, 0.2) is 51.7 Å². The zero-order valence-corrected chi connectivity index (χ0v) is 14.1. The number of benzene rings is 2. The van der Waals surface area contributed by atoms with Crippen molar-refractivity contribution in [3.63, 3.8) is 0 Å². The first-order valence-electron chi connectivity index (χ1n) is 8.20. The summed E-state index contributed by atoms with van der Waals surface area (Å²) in [7, 11) is 0. The van der Waals surface area contributed by atoms with E-state index in [0.717, 1.165) is 10.9 Å². The van der Waals surface area contributed by atoms with E-state index in [2.05, 4.69) is 0 Å². The molecule has 1 aromatic heterocycles. The van der Waals surface area contributed by atoms with Crippen LogP contribution in [0.3, 0.4) is 0 Å². The minimum absolute atomic E-state index is 0.0293. The van der Waals surface area contributed by atoms with Gasteiger partial charge in [-0.3, -0.25) is 0 Å². The van der Waals surface area contributed by atoms with Gasteiger partial charge in [0.15, 0.2) is 11.5 Å². The summed E-state index contributed by atoms with van der Waals surface area (Å²) in [6, 6.07) is 11.8. The van der Waals surface area contributed by atoms with Crippen molar-refractivity contribution < 1.29 is 23.4 Å². The summed E-state index contributed by atoms with van der Waals surface area (Å²) in [5.41, 5.74) is 1.93. The first kappa shape index (κ1) is 16.2. The number of carbonyl (C=O) groups is 1. The van der Waals surface area contributed by atoms with E-state index in [0.29, 0.717) is 41.4 Å². The van der Waals surface area contributed by atoms with Crippen LogP contribution in [0.4, 0.5) is 0 Å². The van der Waals surface area contributed by atoms with Crippen molar-refractivity contribution in [1.82, 2.24) is 0 Å². The molecule has 0 saturated carbocycles. The smallest absolute Gasteiger partial charge is 0.338 e. The summed E-state index contributed by atoms with van der Waals surface area (Å²) in [5, 5.41) is 0.741. The molecule has 0 N–H and O–H groups in total. The molecule has 4 rings (SSSR count). The summed E-state index contributed by atoms with van der Waals surface area (Å²) in [6.07, 6.45) is 0. The van der Waals surface area contributed by atoms with E-state index in [-0.39, 0.29) is 6.61 Å². The highest BCUT2D eigenvalue weighted by Gasteiger charge is 2.16. The van der Waals surface area contributed by atoms with Gasteiger partial charge in [0, 0.05) is 17.0 Å². The number of aryl methyl sites for hydroxylation is 1. The summed E-state index contributed by atoms with van der Waals surface area (Å²) >= 11 is 0. The second-order valence-electron chi connectivity index (χ2n) is 6.02. The van der Waals surface area contributed by atoms with E-state index < -0.39 is 11.6 Å². The second kappa shape index (κ2) is 6.55. The molecular weight excluding hydrogens is 336 g/mol. The van der Waals surface area contributed by atoms with Crippen LogP contribution >= 0.6 is 0 Å². The number of esters is 1. The fraction of sp³-hybridized carbons (Fsp3) is 0.200. The first-order valence-corrected chi connectivity index (χ1v) is 8.20. The topological polar surface area (TPSA) is 75.0 Å². The summed E-state index contributed by atoms with van der Waals surface area (Å²) in [4.78, 5) is 24.1. The third-order valence-corrected chi connectivity index (χ3v) is 4.12. The van der Waals surface area contributed by atoms with Crippen LogP contribution in [0.1, 0.15) is 21.5 Å². The fourth-order valence-electron chi connectivity index (χ4n) is 2.85. The molecule has 6 heteroatoms. The van der Waals surface area contributed by atoms with Crippen molar-refractivity contribution in [2.45, 2.75) is 13.5 Å². The lowest BCUT2D eigenvalue weighted by atomic mass is 10.1. The third kappa shape index (κ3) is 3.13. The predicted molar refractivity (Wildman–Crippen MR) is 93.8 cm³/mol. The van der Waals surface area contributed by atoms with Crippen LogP contribution in [0.5, 0.6) is 11.5 Å². The average molecular weight is 352 g/mol. The maximum atomic E-state index is 12.4. The Morgan fingerprint density at radius 3 is 2.69 bits per heavy atom. The van der Waals surface area contributed by atoms with Crippen LogP contribution in [-0.4, -0.2) is 19.2 Å². The Morgan fingerprint density at radius 1 is 1.04 bits per heavy atom. The highest BCUT2D eigenvalue weighted by molar-refractivity contribution is 5.90. The monoisotopic (exact) mass is 352 g/mol. The van der Waals surface area contributed by atoms with Crippen molar-refractivity contribution in [1.29, 1.82) is 0 Å². The van der Waals surface area contributed by atoms with Crippen LogP contribution < -0.4 is 15.1 Å². The van der Waals surface area contributed by atoms with Gasteiger partial charge in [0.1, 0.15) is 25.4 Å². The van der Waals surface area contributed by atoms with Gasteiger partial charge in [-0.2, -0.15) is 0 Å². The van der Waals surface area contributed by atoms with E-state index in [1.54, 1.807) is 24.3 Å². The van der Waals surface area contributed by atoms with E-state index >= 15 is 0 Å². The minimum atomic E-state index is -0.504. The Balaban J connectivity index is 1.56. The third-order valence-electron chi connectivity index (χ3n) is 4.12. The molecule has 0 fully saturated rings. The van der Waals surface area contributed by atoms with Gasteiger partial charge in [0.05, 0.1) is 5.56 Å². The van der Waals surface area contributed by atoms with Crippen LogP contribution in [0, 0.1) is 6.92 Å². The maximum Gasteiger partial charge on any atom is 0.338 e. The molecule has 0 atom stereocenters. The number of fused-ring (bicyclic) bond motifs is 2. The maximum absolute atomic E-state index is 12.4. The van der Waals surface area contributed by atoms with Gasteiger partial charge in [0.25, 0.3) is 0 Å². The number of hydrogen-bond donors (Lipinski definition) is 0. The molecule has 6 nitrogen and oxygen atoms in total. The van der Waals surface area contributed by atoms with Crippen molar-refractivity contribution in [2.24, 2.45) is 0 Å². The van der Waals surface area contributed by atoms with Gasteiger partial charge < -0.3 is 18.6 Å². The van der Waals surface area contributed by atoms with E-state index in [1.165, 1.54) is 6.07 Å². The normalized spacial score (nSPS) is 12.8. The van der Waals surface area contributed by atoms with Crippen LogP contribution in [0.2, 0.25) is 0 Å². The molecule has 0 spiro atoms. The van der Waals surface area contributed by atoms with Gasteiger partial charge >= 0.3 is 11.6 Å². The van der Waals surface area contributed by atoms with Crippen LogP contribution in [0.25, 0.3) is 11.0 Å². The van der Waals surface area contributed by atoms with Gasteiger partial charge in [-0.25, -0.2) is 9.59 Å². The van der Waals surface area contributed by atoms with Crippen molar-refractivity contribution in [2.75, 3.05) is 13.2 Å². The number of carbonyl (C=O) groups excluding carboxylic acids is 1. The molecule has 0 saturated heterocycles. The molecule has 26 heavy (non-hydrogen) atoms. The van der Waals surface area contributed by atoms with Gasteiger partial charge in [-0.1, -0.05) is 12.1 Å². The molecule has 0 bridgehead atoms. The molecule has 2 aromatic carbocycles. The minimum Gasteiger partial charge on any atom is -0.486 e. The zero-order chi connectivity index (χ0) is 18.1. The highest BCUT2D eigenvalue weighted by Crippen LogP contribution is 2.31. The molecule has 2 heterocycles. The van der Waals surface area contributed by atoms with Crippen molar-refractivity contribution in [3.8, 4) is 11.5 Å². The largest absolute Gasteiger partial charge is 0.486 e. The fourth-order valence-corrected chi connectivity index (χ4v) is 2.85. The lowest BCUT2D eigenvalue weighted by molar-refractivity contribution is 0.0473. The lowest BCUT2D eigenvalue weighted by Gasteiger charge is -2.18. The molecule has 0 radical (unpaired) electrons. The van der Waals surface area contributed by atoms with Gasteiger partial charge in [-0.05, 0) is 36.8 Å². The number of rotatable bonds is 3. The average Bonchev–Trinajstić information content (AvgIpc) is 2.65. The Hall–Kier alpha value is -3.28. The number of ether oxygens (including phenoxy) is 3. The molecule has 1 aliphatic rings. The molecule has 0 aliphatic carbocycles. The van der Waals surface area contributed by atoms with Crippen molar-refractivity contribution in [3.05, 3.63) is 69.6 Å². The summed E-state index contributed by atoms with van der Waals surface area (Å²) in [6.45, 7) is 2.81. The Kier molecular flexibility index (Phi) is 4.08. The molecule has 0 amide bonds. The molecule has 132 valence electrons. The molecule has 1 aliphatic heterocycles.